The van der Waals surface area contributed by atoms with Gasteiger partial charge in [-0.25, -0.2) is 0 Å². The maximum absolute atomic E-state index is 2.38. The number of halogens is 1. The predicted molar refractivity (Wildman–Crippen MR) is 48.8 cm³/mol. The minimum absolute atomic E-state index is 0.578. The van der Waals surface area contributed by atoms with Crippen molar-refractivity contribution in [1.29, 1.82) is 0 Å². The first kappa shape index (κ1) is 11.7. The van der Waals surface area contributed by atoms with Crippen molar-refractivity contribution in [2.45, 2.75) is 51.9 Å². The fourth-order valence-electron chi connectivity index (χ4n) is 1.19. The van der Waals surface area contributed by atoms with E-state index in [4.69, 9.17) is 0 Å². The van der Waals surface area contributed by atoms with Crippen LogP contribution in [0.25, 0.3) is 0 Å². The monoisotopic (exact) mass is 269 g/mol. The summed E-state index contributed by atoms with van der Waals surface area (Å²) >= 11 is 0.578. The quantitative estimate of drug-likeness (QED) is 0.341. The molecule has 0 bridgehead atoms. The fourth-order valence-corrected chi connectivity index (χ4v) is 2.49. The van der Waals surface area contributed by atoms with Crippen LogP contribution in [0.4, 0.5) is 0 Å². The second-order valence-corrected chi connectivity index (χ2v) is 5.68. The Morgan fingerprint density at radius 1 is 0.818 bits per heavy atom. The zero-order chi connectivity index (χ0) is 8.36. The normalized spacial score (nSPS) is 10.7. The van der Waals surface area contributed by atoms with E-state index in [2.05, 4.69) is 11.9 Å². The predicted octanol–water partition coefficient (Wildman–Crippen LogP) is 0.456. The van der Waals surface area contributed by atoms with Crippen molar-refractivity contribution in [3.8, 4) is 0 Å². The fraction of sp³-hybridized carbons (Fsp3) is 1.00. The van der Waals surface area contributed by atoms with E-state index in [1.165, 1.54) is 44.9 Å². The zero-order valence-corrected chi connectivity index (χ0v) is 10.2. The first-order valence-corrected chi connectivity index (χ1v) is 8.54. The van der Waals surface area contributed by atoms with E-state index in [-0.39, 0.29) is 0 Å². The van der Waals surface area contributed by atoms with Crippen LogP contribution in [-0.4, -0.2) is 9.36 Å². The van der Waals surface area contributed by atoms with Crippen LogP contribution in [-0.2, 0) is 0 Å². The molecule has 0 fully saturated rings. The molecule has 0 aromatic carbocycles. The molecule has 11 heavy (non-hydrogen) atoms. The first-order valence-electron chi connectivity index (χ1n) is 4.85. The molecule has 0 amide bonds. The van der Waals surface area contributed by atoms with Gasteiger partial charge in [-0.1, -0.05) is 0 Å². The average molecular weight is 269 g/mol. The number of unbranched alkanes of at least 4 members (excludes halogenated alkanes) is 6. The van der Waals surface area contributed by atoms with Crippen molar-refractivity contribution < 1.29 is 21.2 Å². The van der Waals surface area contributed by atoms with Crippen LogP contribution in [0.5, 0.6) is 0 Å². The Labute approximate surface area is 82.4 Å². The van der Waals surface area contributed by atoms with Gasteiger partial charge < -0.3 is 0 Å². The third-order valence-electron chi connectivity index (χ3n) is 1.93. The minimum atomic E-state index is 0.578. The molecule has 1 heteroatoms. The topological polar surface area (TPSA) is 0 Å². The van der Waals surface area contributed by atoms with Gasteiger partial charge in [-0.3, -0.25) is 0 Å². The van der Waals surface area contributed by atoms with Crippen molar-refractivity contribution in [3.05, 3.63) is 0 Å². The Balaban J connectivity index is 2.69. The summed E-state index contributed by atoms with van der Waals surface area (Å²) in [5, 5.41) is 0. The van der Waals surface area contributed by atoms with Crippen LogP contribution in [0.1, 0.15) is 51.9 Å². The van der Waals surface area contributed by atoms with Gasteiger partial charge in [-0.05, 0) is 0 Å². The van der Waals surface area contributed by atoms with Crippen LogP contribution in [0, 0.1) is 0 Å². The number of hydrogen-bond donors (Lipinski definition) is 0. The summed E-state index contributed by atoms with van der Waals surface area (Å²) in [5.74, 6) is 0. The summed E-state index contributed by atoms with van der Waals surface area (Å²) in [7, 11) is 0. The number of hydrogen-bond acceptors (Lipinski definition) is 0. The maximum atomic E-state index is 2.38. The first-order chi connectivity index (χ1) is 5.41. The van der Waals surface area contributed by atoms with Gasteiger partial charge in [0.05, 0.1) is 0 Å². The molecule has 0 aromatic heterocycles. The van der Waals surface area contributed by atoms with Crippen molar-refractivity contribution in [2.75, 3.05) is 9.36 Å². The third-order valence-corrected chi connectivity index (χ3v) is 3.77. The van der Waals surface area contributed by atoms with E-state index in [1.54, 1.807) is 4.43 Å². The van der Waals surface area contributed by atoms with E-state index in [0.717, 1.165) is 0 Å². The van der Waals surface area contributed by atoms with Crippen LogP contribution in [0.3, 0.4) is 0 Å². The molecule has 0 nitrogen and oxygen atoms in total. The molecule has 0 radical (unpaired) electrons. The standard InChI is InChI=1S/C10H22I/c1-3-4-5-6-7-8-9-10-11-2/h3-10H2,1-2H3/q-1. The van der Waals surface area contributed by atoms with Gasteiger partial charge >= 0.3 is 82.4 Å². The number of alkyl halides is 2. The molecule has 0 heterocycles. The summed E-state index contributed by atoms with van der Waals surface area (Å²) in [5.41, 5.74) is 0. The molecular weight excluding hydrogens is 247 g/mol. The molecule has 0 spiro atoms. The molecule has 0 aliphatic rings. The Kier molecular flexibility index (Phi) is 11.4. The van der Waals surface area contributed by atoms with Crippen molar-refractivity contribution in [2.24, 2.45) is 0 Å². The van der Waals surface area contributed by atoms with E-state index in [0.29, 0.717) is 21.2 Å². The SMILES string of the molecule is CCCCCCCCC[I-]C. The summed E-state index contributed by atoms with van der Waals surface area (Å²) in [6, 6.07) is 0. The van der Waals surface area contributed by atoms with Gasteiger partial charge in [-0.15, -0.1) is 0 Å². The number of rotatable bonds is 8. The van der Waals surface area contributed by atoms with E-state index in [1.807, 2.05) is 0 Å². The zero-order valence-electron chi connectivity index (χ0n) is 8.03. The second-order valence-electron chi connectivity index (χ2n) is 3.08. The third kappa shape index (κ3) is 10.7. The van der Waals surface area contributed by atoms with E-state index >= 15 is 0 Å². The van der Waals surface area contributed by atoms with Crippen molar-refractivity contribution >= 4 is 0 Å². The Hall–Kier alpha value is 0.730. The Morgan fingerprint density at radius 2 is 1.36 bits per heavy atom. The van der Waals surface area contributed by atoms with Crippen molar-refractivity contribution in [3.63, 3.8) is 0 Å². The Morgan fingerprint density at radius 3 is 1.91 bits per heavy atom. The average Bonchev–Trinajstić information content (AvgIpc) is 2.03. The van der Waals surface area contributed by atoms with Crippen LogP contribution < -0.4 is 21.2 Å². The molecule has 0 aliphatic heterocycles. The Bertz CT molecular complexity index is 53.9. The molecule has 0 saturated heterocycles. The van der Waals surface area contributed by atoms with Gasteiger partial charge in [0.15, 0.2) is 0 Å². The van der Waals surface area contributed by atoms with Gasteiger partial charge in [-0.2, -0.15) is 0 Å². The van der Waals surface area contributed by atoms with E-state index in [9.17, 15) is 0 Å². The molecule has 0 aromatic rings. The van der Waals surface area contributed by atoms with Crippen LogP contribution in [0.15, 0.2) is 0 Å². The van der Waals surface area contributed by atoms with E-state index < -0.39 is 0 Å². The van der Waals surface area contributed by atoms with Gasteiger partial charge in [0, 0.05) is 0 Å². The molecule has 0 aliphatic carbocycles. The summed E-state index contributed by atoms with van der Waals surface area (Å²) in [4.78, 5) is 2.38. The van der Waals surface area contributed by atoms with Crippen molar-refractivity contribution in [1.82, 2.24) is 0 Å². The van der Waals surface area contributed by atoms with Crippen LogP contribution in [0.2, 0.25) is 0 Å². The summed E-state index contributed by atoms with van der Waals surface area (Å²) < 4.78 is 1.55. The molecule has 0 N–H and O–H groups in total. The molecule has 0 rings (SSSR count). The molecule has 0 atom stereocenters. The summed E-state index contributed by atoms with van der Waals surface area (Å²) in [6.07, 6.45) is 10.3. The second kappa shape index (κ2) is 10.7. The van der Waals surface area contributed by atoms with Gasteiger partial charge in [0.2, 0.25) is 0 Å². The van der Waals surface area contributed by atoms with Gasteiger partial charge in [0.1, 0.15) is 0 Å². The molecule has 0 saturated carbocycles. The molecule has 0 unspecified atom stereocenters. The summed E-state index contributed by atoms with van der Waals surface area (Å²) in [6.45, 7) is 2.28. The van der Waals surface area contributed by atoms with Crippen LogP contribution >= 0.6 is 0 Å². The molecule has 70 valence electrons. The van der Waals surface area contributed by atoms with Gasteiger partial charge in [0.25, 0.3) is 0 Å². The molecular formula is C10H22I-.